The molecule has 0 spiro atoms. The molecule has 0 saturated carbocycles. The third-order valence-corrected chi connectivity index (χ3v) is 4.53. The van der Waals surface area contributed by atoms with Crippen molar-refractivity contribution in [2.45, 2.75) is 19.1 Å². The number of carbonyl (C=O) groups is 1. The Morgan fingerprint density at radius 2 is 2.17 bits per heavy atom. The number of carbonyl (C=O) groups excluding carboxylic acids is 1. The Kier molecular flexibility index (Phi) is 6.20. The molecule has 1 unspecified atom stereocenters. The van der Waals surface area contributed by atoms with Crippen molar-refractivity contribution in [2.75, 3.05) is 32.8 Å². The Morgan fingerprint density at radius 1 is 1.48 bits per heavy atom. The van der Waals surface area contributed by atoms with Gasteiger partial charge in [-0.25, -0.2) is 0 Å². The Bertz CT molecular complexity index is 537. The van der Waals surface area contributed by atoms with E-state index in [1.165, 1.54) is 6.92 Å². The monoisotopic (exact) mass is 348 g/mol. The summed E-state index contributed by atoms with van der Waals surface area (Å²) in [6.45, 7) is 4.73. The number of hydrogen-bond acceptors (Lipinski definition) is 5. The number of ether oxygens (including phenoxy) is 1. The lowest BCUT2D eigenvalue weighted by atomic mass is 10.2. The first-order valence-corrected chi connectivity index (χ1v) is 8.14. The Morgan fingerprint density at radius 3 is 2.74 bits per heavy atom. The highest BCUT2D eigenvalue weighted by Crippen LogP contribution is 2.25. The molecule has 0 amide bonds. The molecular formula is C15H19F3N2O2S. The van der Waals surface area contributed by atoms with E-state index in [1.807, 2.05) is 17.5 Å². The van der Waals surface area contributed by atoms with Crippen molar-refractivity contribution < 1.29 is 22.7 Å². The lowest BCUT2D eigenvalue weighted by Gasteiger charge is -2.34. The van der Waals surface area contributed by atoms with E-state index in [1.54, 1.807) is 11.3 Å². The lowest BCUT2D eigenvalue weighted by molar-refractivity contribution is -0.165. The molecule has 4 nitrogen and oxygen atoms in total. The van der Waals surface area contributed by atoms with E-state index in [4.69, 9.17) is 4.74 Å². The summed E-state index contributed by atoms with van der Waals surface area (Å²) in [5.74, 6) is -1.85. The van der Waals surface area contributed by atoms with Gasteiger partial charge in [0.15, 0.2) is 0 Å². The summed E-state index contributed by atoms with van der Waals surface area (Å²) >= 11 is 1.61. The second-order valence-electron chi connectivity index (χ2n) is 5.25. The summed E-state index contributed by atoms with van der Waals surface area (Å²) in [7, 11) is 0. The topological polar surface area (TPSA) is 41.6 Å². The van der Waals surface area contributed by atoms with Crippen LogP contribution in [0.25, 0.3) is 0 Å². The van der Waals surface area contributed by atoms with Gasteiger partial charge in [-0.15, -0.1) is 11.3 Å². The fraction of sp³-hybridized carbons (Fsp3) is 0.533. The van der Waals surface area contributed by atoms with Gasteiger partial charge in [0.25, 0.3) is 5.78 Å². The maximum absolute atomic E-state index is 12.3. The SMILES string of the molecule is CC(=CC(=O)C(F)(F)F)NCC(c1cccs1)N1CCOCC1. The van der Waals surface area contributed by atoms with Crippen molar-refractivity contribution in [1.29, 1.82) is 0 Å². The molecule has 1 aliphatic heterocycles. The highest BCUT2D eigenvalue weighted by atomic mass is 32.1. The molecule has 1 aromatic heterocycles. The van der Waals surface area contributed by atoms with Crippen LogP contribution in [-0.4, -0.2) is 49.7 Å². The summed E-state index contributed by atoms with van der Waals surface area (Å²) in [6.07, 6.45) is -4.23. The molecule has 128 valence electrons. The average molecular weight is 348 g/mol. The number of rotatable bonds is 6. The van der Waals surface area contributed by atoms with Gasteiger partial charge in [0.1, 0.15) is 0 Å². The molecule has 0 aliphatic carbocycles. The Hall–Kier alpha value is -1.38. The van der Waals surface area contributed by atoms with Crippen LogP contribution >= 0.6 is 11.3 Å². The second-order valence-corrected chi connectivity index (χ2v) is 6.23. The van der Waals surface area contributed by atoms with Crippen LogP contribution in [0.1, 0.15) is 17.8 Å². The Labute approximate surface area is 136 Å². The number of nitrogens with one attached hydrogen (secondary N) is 1. The van der Waals surface area contributed by atoms with Crippen LogP contribution in [0.15, 0.2) is 29.3 Å². The van der Waals surface area contributed by atoms with Gasteiger partial charge in [0.2, 0.25) is 0 Å². The summed E-state index contributed by atoms with van der Waals surface area (Å²) < 4.78 is 42.2. The minimum atomic E-state index is -4.83. The first kappa shape index (κ1) is 18.0. The maximum Gasteiger partial charge on any atom is 0.454 e. The van der Waals surface area contributed by atoms with Crippen molar-refractivity contribution in [3.8, 4) is 0 Å². The predicted molar refractivity (Wildman–Crippen MR) is 82.3 cm³/mol. The third kappa shape index (κ3) is 5.33. The number of nitrogens with zero attached hydrogens (tertiary/aromatic N) is 1. The van der Waals surface area contributed by atoms with Crippen molar-refractivity contribution in [2.24, 2.45) is 0 Å². The molecule has 1 aromatic rings. The van der Waals surface area contributed by atoms with E-state index < -0.39 is 12.0 Å². The van der Waals surface area contributed by atoms with Gasteiger partial charge >= 0.3 is 6.18 Å². The number of alkyl halides is 3. The minimum absolute atomic E-state index is 0.0447. The van der Waals surface area contributed by atoms with E-state index in [-0.39, 0.29) is 11.7 Å². The fourth-order valence-electron chi connectivity index (χ4n) is 2.37. The van der Waals surface area contributed by atoms with Gasteiger partial charge in [-0.2, -0.15) is 13.2 Å². The molecule has 0 radical (unpaired) electrons. The molecule has 1 N–H and O–H groups in total. The lowest BCUT2D eigenvalue weighted by Crippen LogP contribution is -2.42. The van der Waals surface area contributed by atoms with Crippen molar-refractivity contribution in [1.82, 2.24) is 10.2 Å². The van der Waals surface area contributed by atoms with Crippen LogP contribution in [0.3, 0.4) is 0 Å². The maximum atomic E-state index is 12.3. The summed E-state index contributed by atoms with van der Waals surface area (Å²) in [6, 6.07) is 4.00. The molecular weight excluding hydrogens is 329 g/mol. The minimum Gasteiger partial charge on any atom is -0.387 e. The van der Waals surface area contributed by atoms with E-state index in [2.05, 4.69) is 10.2 Å². The summed E-state index contributed by atoms with van der Waals surface area (Å²) in [5, 5.41) is 4.91. The number of halogens is 3. The third-order valence-electron chi connectivity index (χ3n) is 3.56. The number of hydrogen-bond donors (Lipinski definition) is 1. The standard InChI is InChI=1S/C15H19F3N2O2S/c1-11(9-14(21)15(16,17)18)19-10-12(13-3-2-8-23-13)20-4-6-22-7-5-20/h2-3,8-9,12,19H,4-7,10H2,1H3. The van der Waals surface area contributed by atoms with Gasteiger partial charge in [-0.05, 0) is 18.4 Å². The first-order valence-electron chi connectivity index (χ1n) is 7.26. The van der Waals surface area contributed by atoms with Gasteiger partial charge in [0, 0.05) is 36.3 Å². The van der Waals surface area contributed by atoms with Gasteiger partial charge in [0.05, 0.1) is 19.3 Å². The van der Waals surface area contributed by atoms with E-state index >= 15 is 0 Å². The molecule has 1 fully saturated rings. The zero-order chi connectivity index (χ0) is 16.9. The predicted octanol–water partition coefficient (Wildman–Crippen LogP) is 2.75. The smallest absolute Gasteiger partial charge is 0.387 e. The zero-order valence-corrected chi connectivity index (χ0v) is 13.5. The van der Waals surface area contributed by atoms with Gasteiger partial charge in [-0.3, -0.25) is 9.69 Å². The molecule has 8 heteroatoms. The van der Waals surface area contributed by atoms with Crippen LogP contribution in [0, 0.1) is 0 Å². The second kappa shape index (κ2) is 7.94. The number of ketones is 1. The van der Waals surface area contributed by atoms with Crippen molar-refractivity contribution in [3.63, 3.8) is 0 Å². The van der Waals surface area contributed by atoms with Crippen molar-refractivity contribution >= 4 is 17.1 Å². The molecule has 1 atom stereocenters. The van der Waals surface area contributed by atoms with E-state index in [0.29, 0.717) is 25.8 Å². The van der Waals surface area contributed by atoms with E-state index in [0.717, 1.165) is 18.0 Å². The largest absolute Gasteiger partial charge is 0.454 e. The quantitative estimate of drug-likeness (QED) is 0.803. The van der Waals surface area contributed by atoms with Crippen LogP contribution < -0.4 is 5.32 Å². The number of thiophene rings is 1. The van der Waals surface area contributed by atoms with Gasteiger partial charge < -0.3 is 10.1 Å². The van der Waals surface area contributed by atoms with Crippen LogP contribution in [0.4, 0.5) is 13.2 Å². The van der Waals surface area contributed by atoms with Crippen LogP contribution in [0.2, 0.25) is 0 Å². The molecule has 2 rings (SSSR count). The number of morpholine rings is 1. The molecule has 2 heterocycles. The van der Waals surface area contributed by atoms with E-state index in [9.17, 15) is 18.0 Å². The molecule has 23 heavy (non-hydrogen) atoms. The van der Waals surface area contributed by atoms with Crippen LogP contribution in [0.5, 0.6) is 0 Å². The zero-order valence-electron chi connectivity index (χ0n) is 12.7. The number of allylic oxidation sites excluding steroid dienone is 2. The normalized spacial score (nSPS) is 18.7. The molecule has 0 aromatic carbocycles. The van der Waals surface area contributed by atoms with Crippen molar-refractivity contribution in [3.05, 3.63) is 34.2 Å². The summed E-state index contributed by atoms with van der Waals surface area (Å²) in [4.78, 5) is 14.4. The fourth-order valence-corrected chi connectivity index (χ4v) is 3.23. The van der Waals surface area contributed by atoms with Crippen LogP contribution in [-0.2, 0) is 9.53 Å². The molecule has 1 aliphatic rings. The molecule has 0 bridgehead atoms. The molecule has 1 saturated heterocycles. The highest BCUT2D eigenvalue weighted by molar-refractivity contribution is 7.10. The first-order chi connectivity index (χ1) is 10.9. The Balaban J connectivity index is 2.01. The summed E-state index contributed by atoms with van der Waals surface area (Å²) in [5.41, 5.74) is 0.210. The van der Waals surface area contributed by atoms with Gasteiger partial charge in [-0.1, -0.05) is 6.07 Å². The average Bonchev–Trinajstić information content (AvgIpc) is 3.01. The highest BCUT2D eigenvalue weighted by Gasteiger charge is 2.36.